The van der Waals surface area contributed by atoms with E-state index in [0.29, 0.717) is 17.0 Å². The summed E-state index contributed by atoms with van der Waals surface area (Å²) >= 11 is 6.64. The quantitative estimate of drug-likeness (QED) is 0.872. The van der Waals surface area contributed by atoms with E-state index in [2.05, 4.69) is 42.2 Å². The Morgan fingerprint density at radius 1 is 1.16 bits per heavy atom. The summed E-state index contributed by atoms with van der Waals surface area (Å²) in [5, 5.41) is 2.79. The van der Waals surface area contributed by atoms with Crippen LogP contribution in [0.25, 0.3) is 0 Å². The first kappa shape index (κ1) is 14.0. The number of anilines is 1. The molecule has 0 atom stereocenters. The smallest absolute Gasteiger partial charge is 0.257 e. The van der Waals surface area contributed by atoms with Gasteiger partial charge in [-0.25, -0.2) is 0 Å². The number of carbonyl (C=O) groups is 1. The number of nitrogens with one attached hydrogen (secondary N) is 1. The van der Waals surface area contributed by atoms with Gasteiger partial charge in [-0.3, -0.25) is 9.78 Å². The standard InChI is InChI=1S/C13H10Br2N2O2/c1-19-12-4-9(14)3-11(5-12)17-13(18)8-2-10(15)7-16-6-8/h2-7H,1H3,(H,17,18). The van der Waals surface area contributed by atoms with Gasteiger partial charge in [0, 0.05) is 33.1 Å². The Kier molecular flexibility index (Phi) is 4.55. The van der Waals surface area contributed by atoms with Crippen LogP contribution in [0.4, 0.5) is 5.69 Å². The number of ether oxygens (including phenoxy) is 1. The number of hydrogen-bond acceptors (Lipinski definition) is 3. The average Bonchev–Trinajstić information content (AvgIpc) is 2.38. The molecule has 98 valence electrons. The average molecular weight is 386 g/mol. The highest BCUT2D eigenvalue weighted by Gasteiger charge is 2.08. The number of benzene rings is 1. The number of methoxy groups -OCH3 is 1. The maximum absolute atomic E-state index is 12.0. The molecule has 1 heterocycles. The van der Waals surface area contributed by atoms with Crippen LogP contribution in [-0.2, 0) is 0 Å². The molecule has 1 amide bonds. The minimum absolute atomic E-state index is 0.228. The van der Waals surface area contributed by atoms with Gasteiger partial charge in [-0.1, -0.05) is 15.9 Å². The second kappa shape index (κ2) is 6.16. The normalized spacial score (nSPS) is 10.1. The largest absolute Gasteiger partial charge is 0.497 e. The zero-order valence-corrected chi connectivity index (χ0v) is 13.2. The molecule has 0 aliphatic rings. The third-order valence-electron chi connectivity index (χ3n) is 2.33. The number of aromatic nitrogens is 1. The van der Waals surface area contributed by atoms with E-state index < -0.39 is 0 Å². The molecule has 0 bridgehead atoms. The van der Waals surface area contributed by atoms with Crippen molar-refractivity contribution >= 4 is 43.5 Å². The number of amides is 1. The molecule has 0 radical (unpaired) electrons. The van der Waals surface area contributed by atoms with Crippen molar-refractivity contribution in [2.24, 2.45) is 0 Å². The van der Waals surface area contributed by atoms with Crippen molar-refractivity contribution < 1.29 is 9.53 Å². The van der Waals surface area contributed by atoms with E-state index >= 15 is 0 Å². The van der Waals surface area contributed by atoms with E-state index in [0.717, 1.165) is 8.95 Å². The zero-order valence-electron chi connectivity index (χ0n) is 9.98. The fraction of sp³-hybridized carbons (Fsp3) is 0.0769. The lowest BCUT2D eigenvalue weighted by Gasteiger charge is -2.08. The van der Waals surface area contributed by atoms with Gasteiger partial charge >= 0.3 is 0 Å². The lowest BCUT2D eigenvalue weighted by molar-refractivity contribution is 0.102. The van der Waals surface area contributed by atoms with Crippen LogP contribution in [0.3, 0.4) is 0 Å². The second-order valence-electron chi connectivity index (χ2n) is 3.73. The van der Waals surface area contributed by atoms with Crippen molar-refractivity contribution in [2.45, 2.75) is 0 Å². The first-order valence-corrected chi connectivity index (χ1v) is 6.93. The van der Waals surface area contributed by atoms with E-state index in [4.69, 9.17) is 4.74 Å². The summed E-state index contributed by atoms with van der Waals surface area (Å²) in [6.07, 6.45) is 3.13. The van der Waals surface area contributed by atoms with Gasteiger partial charge in [0.2, 0.25) is 0 Å². The molecule has 0 unspecified atom stereocenters. The summed E-state index contributed by atoms with van der Waals surface area (Å²) in [6, 6.07) is 7.06. The molecule has 1 aromatic heterocycles. The highest BCUT2D eigenvalue weighted by atomic mass is 79.9. The minimum Gasteiger partial charge on any atom is -0.497 e. The Morgan fingerprint density at radius 2 is 1.95 bits per heavy atom. The van der Waals surface area contributed by atoms with Gasteiger partial charge in [0.05, 0.1) is 12.7 Å². The van der Waals surface area contributed by atoms with Crippen LogP contribution in [0.15, 0.2) is 45.6 Å². The highest BCUT2D eigenvalue weighted by Crippen LogP contribution is 2.25. The molecule has 19 heavy (non-hydrogen) atoms. The van der Waals surface area contributed by atoms with Crippen molar-refractivity contribution in [3.63, 3.8) is 0 Å². The maximum Gasteiger partial charge on any atom is 0.257 e. The number of hydrogen-bond donors (Lipinski definition) is 1. The third-order valence-corrected chi connectivity index (χ3v) is 3.22. The molecule has 0 fully saturated rings. The van der Waals surface area contributed by atoms with E-state index in [1.54, 1.807) is 31.5 Å². The molecular formula is C13H10Br2N2O2. The van der Waals surface area contributed by atoms with Gasteiger partial charge < -0.3 is 10.1 Å². The third kappa shape index (κ3) is 3.78. The molecule has 0 spiro atoms. The van der Waals surface area contributed by atoms with Gasteiger partial charge in [-0.15, -0.1) is 0 Å². The summed E-state index contributed by atoms with van der Waals surface area (Å²) in [6.45, 7) is 0. The number of pyridine rings is 1. The summed E-state index contributed by atoms with van der Waals surface area (Å²) in [5.41, 5.74) is 1.13. The van der Waals surface area contributed by atoms with E-state index in [-0.39, 0.29) is 5.91 Å². The molecular weight excluding hydrogens is 376 g/mol. The van der Waals surface area contributed by atoms with Gasteiger partial charge in [0.15, 0.2) is 0 Å². The SMILES string of the molecule is COc1cc(Br)cc(NC(=O)c2cncc(Br)c2)c1. The summed E-state index contributed by atoms with van der Waals surface area (Å²) in [4.78, 5) is 16.0. The lowest BCUT2D eigenvalue weighted by Crippen LogP contribution is -2.12. The Bertz CT molecular complexity index is 617. The predicted octanol–water partition coefficient (Wildman–Crippen LogP) is 3.87. The van der Waals surface area contributed by atoms with Crippen LogP contribution in [0, 0.1) is 0 Å². The Morgan fingerprint density at radius 3 is 2.63 bits per heavy atom. The van der Waals surface area contributed by atoms with Crippen LogP contribution in [0.1, 0.15) is 10.4 Å². The Labute approximate surface area is 127 Å². The molecule has 0 aliphatic carbocycles. The summed E-state index contributed by atoms with van der Waals surface area (Å²) < 4.78 is 6.73. The maximum atomic E-state index is 12.0. The summed E-state index contributed by atoms with van der Waals surface area (Å²) in [5.74, 6) is 0.436. The van der Waals surface area contributed by atoms with Crippen LogP contribution in [-0.4, -0.2) is 18.0 Å². The monoisotopic (exact) mass is 384 g/mol. The van der Waals surface area contributed by atoms with Gasteiger partial charge in [0.25, 0.3) is 5.91 Å². The van der Waals surface area contributed by atoms with Gasteiger partial charge in [-0.05, 0) is 34.1 Å². The minimum atomic E-state index is -0.228. The van der Waals surface area contributed by atoms with Crippen molar-refractivity contribution in [2.75, 3.05) is 12.4 Å². The molecule has 4 nitrogen and oxygen atoms in total. The molecule has 2 rings (SSSR count). The van der Waals surface area contributed by atoms with Crippen molar-refractivity contribution in [3.8, 4) is 5.75 Å². The van der Waals surface area contributed by atoms with Gasteiger partial charge in [-0.2, -0.15) is 0 Å². The number of carbonyl (C=O) groups excluding carboxylic acids is 1. The van der Waals surface area contributed by atoms with Gasteiger partial charge in [0.1, 0.15) is 5.75 Å². The van der Waals surface area contributed by atoms with E-state index in [9.17, 15) is 4.79 Å². The van der Waals surface area contributed by atoms with Crippen LogP contribution >= 0.6 is 31.9 Å². The molecule has 0 aliphatic heterocycles. The molecule has 1 aromatic carbocycles. The second-order valence-corrected chi connectivity index (χ2v) is 5.56. The number of nitrogens with zero attached hydrogens (tertiary/aromatic N) is 1. The van der Waals surface area contributed by atoms with E-state index in [1.165, 1.54) is 6.20 Å². The summed E-state index contributed by atoms with van der Waals surface area (Å²) in [7, 11) is 1.58. The Hall–Kier alpha value is -1.40. The number of halogens is 2. The number of rotatable bonds is 3. The van der Waals surface area contributed by atoms with Crippen molar-refractivity contribution in [3.05, 3.63) is 51.2 Å². The molecule has 6 heteroatoms. The highest BCUT2D eigenvalue weighted by molar-refractivity contribution is 9.10. The van der Waals surface area contributed by atoms with Crippen molar-refractivity contribution in [1.82, 2.24) is 4.98 Å². The zero-order chi connectivity index (χ0) is 13.8. The fourth-order valence-electron chi connectivity index (χ4n) is 1.49. The molecule has 0 saturated heterocycles. The lowest BCUT2D eigenvalue weighted by atomic mass is 10.2. The molecule has 1 N–H and O–H groups in total. The fourth-order valence-corrected chi connectivity index (χ4v) is 2.33. The van der Waals surface area contributed by atoms with Crippen LogP contribution in [0.2, 0.25) is 0 Å². The van der Waals surface area contributed by atoms with Crippen molar-refractivity contribution in [1.29, 1.82) is 0 Å². The Balaban J connectivity index is 2.21. The molecule has 2 aromatic rings. The van der Waals surface area contributed by atoms with Crippen LogP contribution < -0.4 is 10.1 Å². The predicted molar refractivity (Wildman–Crippen MR) is 80.6 cm³/mol. The topological polar surface area (TPSA) is 51.2 Å². The molecule has 0 saturated carbocycles. The van der Waals surface area contributed by atoms with Crippen LogP contribution in [0.5, 0.6) is 5.75 Å². The first-order chi connectivity index (χ1) is 9.08. The van der Waals surface area contributed by atoms with E-state index in [1.807, 2.05) is 6.07 Å². The first-order valence-electron chi connectivity index (χ1n) is 5.35.